The van der Waals surface area contributed by atoms with Gasteiger partial charge < -0.3 is 10.2 Å². The van der Waals surface area contributed by atoms with E-state index in [1.165, 1.54) is 25.7 Å². The van der Waals surface area contributed by atoms with Crippen molar-refractivity contribution in [3.63, 3.8) is 0 Å². The monoisotopic (exact) mass is 238 g/mol. The van der Waals surface area contributed by atoms with Crippen LogP contribution in [0.25, 0.3) is 0 Å². The lowest BCUT2D eigenvalue weighted by Crippen LogP contribution is -2.36. The molecule has 1 saturated carbocycles. The predicted octanol–water partition coefficient (Wildman–Crippen LogP) is 2.17. The number of hydrogen-bond acceptors (Lipinski definition) is 2. The molecule has 1 aliphatic carbocycles. The first-order valence-electron chi connectivity index (χ1n) is 7.19. The second kappa shape index (κ2) is 5.85. The molecule has 2 aliphatic rings. The molecule has 1 amide bonds. The molecular weight excluding hydrogens is 212 g/mol. The fraction of sp³-hybridized carbons (Fsp3) is 0.929. The highest BCUT2D eigenvalue weighted by Gasteiger charge is 2.32. The van der Waals surface area contributed by atoms with Gasteiger partial charge in [0.2, 0.25) is 5.91 Å². The SMILES string of the molecule is CC(C)CN(C(=O)CCC1CCCN1)C1CC1. The van der Waals surface area contributed by atoms with Crippen molar-refractivity contribution in [1.82, 2.24) is 10.2 Å². The van der Waals surface area contributed by atoms with Crippen molar-refractivity contribution in [2.45, 2.75) is 64.5 Å². The molecule has 1 unspecified atom stereocenters. The maximum atomic E-state index is 12.2. The number of carbonyl (C=O) groups is 1. The molecule has 0 aromatic heterocycles. The van der Waals surface area contributed by atoms with Gasteiger partial charge in [0.25, 0.3) is 0 Å². The van der Waals surface area contributed by atoms with Gasteiger partial charge >= 0.3 is 0 Å². The number of amides is 1. The molecule has 0 spiro atoms. The van der Waals surface area contributed by atoms with Gasteiger partial charge in [-0.25, -0.2) is 0 Å². The summed E-state index contributed by atoms with van der Waals surface area (Å²) in [5, 5.41) is 3.47. The normalized spacial score (nSPS) is 24.3. The Bertz CT molecular complexity index is 255. The van der Waals surface area contributed by atoms with E-state index in [2.05, 4.69) is 24.1 Å². The number of hydrogen-bond donors (Lipinski definition) is 1. The minimum atomic E-state index is 0.384. The van der Waals surface area contributed by atoms with Crippen molar-refractivity contribution in [2.75, 3.05) is 13.1 Å². The van der Waals surface area contributed by atoms with E-state index in [4.69, 9.17) is 0 Å². The van der Waals surface area contributed by atoms with E-state index >= 15 is 0 Å². The topological polar surface area (TPSA) is 32.3 Å². The fourth-order valence-electron chi connectivity index (χ4n) is 2.68. The van der Waals surface area contributed by atoms with Crippen LogP contribution in [0.1, 0.15) is 52.4 Å². The highest BCUT2D eigenvalue weighted by molar-refractivity contribution is 5.76. The van der Waals surface area contributed by atoms with E-state index in [1.807, 2.05) is 0 Å². The van der Waals surface area contributed by atoms with Gasteiger partial charge in [0, 0.05) is 25.0 Å². The molecule has 98 valence electrons. The number of nitrogens with zero attached hydrogens (tertiary/aromatic N) is 1. The standard InChI is InChI=1S/C14H26N2O/c1-11(2)10-16(13-6-7-13)14(17)8-5-12-4-3-9-15-12/h11-13,15H,3-10H2,1-2H3. The molecule has 0 radical (unpaired) electrons. The van der Waals surface area contributed by atoms with E-state index < -0.39 is 0 Å². The molecule has 2 fully saturated rings. The van der Waals surface area contributed by atoms with Crippen LogP contribution >= 0.6 is 0 Å². The smallest absolute Gasteiger partial charge is 0.222 e. The molecule has 1 saturated heterocycles. The molecule has 3 heteroatoms. The van der Waals surface area contributed by atoms with Crippen LogP contribution in [0.2, 0.25) is 0 Å². The molecule has 1 aliphatic heterocycles. The molecule has 1 heterocycles. The van der Waals surface area contributed by atoms with E-state index in [1.54, 1.807) is 0 Å². The Labute approximate surface area is 105 Å². The van der Waals surface area contributed by atoms with Gasteiger partial charge in [-0.05, 0) is 44.6 Å². The van der Waals surface area contributed by atoms with Crippen LogP contribution in [0.15, 0.2) is 0 Å². The minimum absolute atomic E-state index is 0.384. The van der Waals surface area contributed by atoms with Crippen LogP contribution in [-0.2, 0) is 4.79 Å². The van der Waals surface area contributed by atoms with Gasteiger partial charge in [0.1, 0.15) is 0 Å². The average Bonchev–Trinajstić information content (AvgIpc) is 2.99. The number of nitrogens with one attached hydrogen (secondary N) is 1. The first-order chi connectivity index (χ1) is 8.16. The van der Waals surface area contributed by atoms with Crippen LogP contribution in [-0.4, -0.2) is 36.0 Å². The van der Waals surface area contributed by atoms with Gasteiger partial charge in [-0.15, -0.1) is 0 Å². The molecule has 0 bridgehead atoms. The summed E-state index contributed by atoms with van der Waals surface area (Å²) < 4.78 is 0. The summed E-state index contributed by atoms with van der Waals surface area (Å²) >= 11 is 0. The van der Waals surface area contributed by atoms with Crippen molar-refractivity contribution in [1.29, 1.82) is 0 Å². The first kappa shape index (κ1) is 12.9. The lowest BCUT2D eigenvalue weighted by atomic mass is 10.1. The third kappa shape index (κ3) is 3.98. The molecule has 0 aromatic carbocycles. The Morgan fingerprint density at radius 2 is 2.12 bits per heavy atom. The Morgan fingerprint density at radius 1 is 1.35 bits per heavy atom. The minimum Gasteiger partial charge on any atom is -0.339 e. The Balaban J connectivity index is 1.75. The summed E-state index contributed by atoms with van der Waals surface area (Å²) in [5.74, 6) is 0.971. The van der Waals surface area contributed by atoms with Crippen molar-refractivity contribution >= 4 is 5.91 Å². The second-order valence-corrected chi connectivity index (χ2v) is 6.00. The molecule has 1 atom stereocenters. The Hall–Kier alpha value is -0.570. The summed E-state index contributed by atoms with van der Waals surface area (Å²) in [7, 11) is 0. The van der Waals surface area contributed by atoms with Crippen LogP contribution in [0, 0.1) is 5.92 Å². The maximum Gasteiger partial charge on any atom is 0.222 e. The fourth-order valence-corrected chi connectivity index (χ4v) is 2.68. The molecule has 3 nitrogen and oxygen atoms in total. The highest BCUT2D eigenvalue weighted by atomic mass is 16.2. The Morgan fingerprint density at radius 3 is 2.65 bits per heavy atom. The first-order valence-corrected chi connectivity index (χ1v) is 7.19. The summed E-state index contributed by atoms with van der Waals surface area (Å²) in [6, 6.07) is 1.17. The number of carbonyl (C=O) groups excluding carboxylic acids is 1. The van der Waals surface area contributed by atoms with E-state index in [0.29, 0.717) is 23.9 Å². The predicted molar refractivity (Wildman–Crippen MR) is 69.8 cm³/mol. The largest absolute Gasteiger partial charge is 0.339 e. The van der Waals surface area contributed by atoms with E-state index in [9.17, 15) is 4.79 Å². The summed E-state index contributed by atoms with van der Waals surface area (Å²) in [6.45, 7) is 6.47. The van der Waals surface area contributed by atoms with Crippen LogP contribution in [0.4, 0.5) is 0 Å². The number of rotatable bonds is 6. The molecular formula is C14H26N2O. The molecule has 1 N–H and O–H groups in total. The van der Waals surface area contributed by atoms with Gasteiger partial charge in [0.15, 0.2) is 0 Å². The van der Waals surface area contributed by atoms with Gasteiger partial charge in [-0.2, -0.15) is 0 Å². The van der Waals surface area contributed by atoms with Crippen molar-refractivity contribution in [3.05, 3.63) is 0 Å². The van der Waals surface area contributed by atoms with Crippen LogP contribution < -0.4 is 5.32 Å². The highest BCUT2D eigenvalue weighted by Crippen LogP contribution is 2.28. The average molecular weight is 238 g/mol. The van der Waals surface area contributed by atoms with Gasteiger partial charge in [-0.1, -0.05) is 13.8 Å². The quantitative estimate of drug-likeness (QED) is 0.769. The zero-order chi connectivity index (χ0) is 12.3. The van der Waals surface area contributed by atoms with Gasteiger partial charge in [0.05, 0.1) is 0 Å². The van der Waals surface area contributed by atoms with E-state index in [-0.39, 0.29) is 0 Å². The lowest BCUT2D eigenvalue weighted by molar-refractivity contribution is -0.132. The zero-order valence-corrected chi connectivity index (χ0v) is 11.2. The molecule has 2 rings (SSSR count). The van der Waals surface area contributed by atoms with Crippen molar-refractivity contribution in [2.24, 2.45) is 5.92 Å². The van der Waals surface area contributed by atoms with Crippen LogP contribution in [0.3, 0.4) is 0 Å². The third-order valence-electron chi connectivity index (χ3n) is 3.74. The molecule has 0 aromatic rings. The van der Waals surface area contributed by atoms with Gasteiger partial charge in [-0.3, -0.25) is 4.79 Å². The summed E-state index contributed by atoms with van der Waals surface area (Å²) in [5.41, 5.74) is 0. The van der Waals surface area contributed by atoms with Crippen molar-refractivity contribution in [3.8, 4) is 0 Å². The van der Waals surface area contributed by atoms with Crippen molar-refractivity contribution < 1.29 is 4.79 Å². The molecule has 17 heavy (non-hydrogen) atoms. The summed E-state index contributed by atoms with van der Waals surface area (Å²) in [6.07, 6.45) is 6.74. The lowest BCUT2D eigenvalue weighted by Gasteiger charge is -2.25. The third-order valence-corrected chi connectivity index (χ3v) is 3.74. The second-order valence-electron chi connectivity index (χ2n) is 6.00. The summed E-state index contributed by atoms with van der Waals surface area (Å²) in [4.78, 5) is 14.4. The zero-order valence-electron chi connectivity index (χ0n) is 11.2. The van der Waals surface area contributed by atoms with E-state index in [0.717, 1.165) is 25.9 Å². The maximum absolute atomic E-state index is 12.2. The van der Waals surface area contributed by atoms with Crippen LogP contribution in [0.5, 0.6) is 0 Å². The Kier molecular flexibility index (Phi) is 4.43.